The van der Waals surface area contributed by atoms with Crippen LogP contribution in [0.5, 0.6) is 0 Å². The van der Waals surface area contributed by atoms with Crippen LogP contribution in [0.25, 0.3) is 5.82 Å². The summed E-state index contributed by atoms with van der Waals surface area (Å²) < 4.78 is 13.1. The maximum absolute atomic E-state index is 5.63. The van der Waals surface area contributed by atoms with E-state index in [1.807, 2.05) is 36.7 Å². The normalized spacial score (nSPS) is 20.0. The van der Waals surface area contributed by atoms with Gasteiger partial charge in [0.2, 0.25) is 0 Å². The second-order valence-corrected chi connectivity index (χ2v) is 6.52. The summed E-state index contributed by atoms with van der Waals surface area (Å²) >= 11 is 0. The zero-order chi connectivity index (χ0) is 16.5. The number of rotatable bonds is 3. The molecular formula is C17H23N5O2. The van der Waals surface area contributed by atoms with Gasteiger partial charge in [-0.05, 0) is 44.9 Å². The molecule has 0 amide bonds. The van der Waals surface area contributed by atoms with Crippen molar-refractivity contribution in [2.75, 3.05) is 31.2 Å². The molecule has 0 unspecified atom stereocenters. The first-order valence-electron chi connectivity index (χ1n) is 8.56. The number of aryl methyl sites for hydroxylation is 2. The van der Waals surface area contributed by atoms with E-state index in [-0.39, 0.29) is 6.29 Å². The predicted molar refractivity (Wildman–Crippen MR) is 89.3 cm³/mol. The molecule has 0 saturated carbocycles. The van der Waals surface area contributed by atoms with Gasteiger partial charge in [-0.1, -0.05) is 0 Å². The fraction of sp³-hybridized carbons (Fsp3) is 0.588. The molecule has 2 aromatic rings. The van der Waals surface area contributed by atoms with Crippen LogP contribution in [0.4, 0.5) is 5.82 Å². The van der Waals surface area contributed by atoms with Crippen molar-refractivity contribution in [1.82, 2.24) is 20.0 Å². The number of piperidine rings is 1. The van der Waals surface area contributed by atoms with Crippen molar-refractivity contribution >= 4 is 5.82 Å². The topological polar surface area (TPSA) is 65.3 Å². The van der Waals surface area contributed by atoms with E-state index >= 15 is 0 Å². The highest BCUT2D eigenvalue weighted by molar-refractivity contribution is 5.40. The highest BCUT2D eigenvalue weighted by Crippen LogP contribution is 2.27. The number of aromatic nitrogens is 4. The van der Waals surface area contributed by atoms with Gasteiger partial charge in [0, 0.05) is 24.7 Å². The van der Waals surface area contributed by atoms with Crippen LogP contribution in [0.1, 0.15) is 24.2 Å². The van der Waals surface area contributed by atoms with Crippen molar-refractivity contribution in [1.29, 1.82) is 0 Å². The number of hydrogen-bond acceptors (Lipinski definition) is 6. The lowest BCUT2D eigenvalue weighted by Crippen LogP contribution is -2.38. The van der Waals surface area contributed by atoms with Crippen LogP contribution >= 0.6 is 0 Å². The summed E-state index contributed by atoms with van der Waals surface area (Å²) in [4.78, 5) is 2.28. The molecule has 7 nitrogen and oxygen atoms in total. The zero-order valence-electron chi connectivity index (χ0n) is 14.2. The van der Waals surface area contributed by atoms with Gasteiger partial charge in [-0.25, -0.2) is 4.68 Å². The van der Waals surface area contributed by atoms with Crippen LogP contribution in [0, 0.1) is 19.8 Å². The number of anilines is 1. The molecule has 4 heterocycles. The Morgan fingerprint density at radius 1 is 1.00 bits per heavy atom. The molecule has 4 rings (SSSR count). The fourth-order valence-electron chi connectivity index (χ4n) is 3.51. The summed E-state index contributed by atoms with van der Waals surface area (Å²) in [5.74, 6) is 2.17. The van der Waals surface area contributed by atoms with E-state index in [1.165, 1.54) is 0 Å². The van der Waals surface area contributed by atoms with Crippen LogP contribution in [0.3, 0.4) is 0 Å². The largest absolute Gasteiger partial charge is 0.355 e. The Kier molecular flexibility index (Phi) is 4.20. The van der Waals surface area contributed by atoms with E-state index in [4.69, 9.17) is 9.47 Å². The first kappa shape index (κ1) is 15.5. The second kappa shape index (κ2) is 6.49. The van der Waals surface area contributed by atoms with Crippen molar-refractivity contribution in [3.05, 3.63) is 29.6 Å². The molecule has 0 bridgehead atoms. The van der Waals surface area contributed by atoms with Gasteiger partial charge in [0.15, 0.2) is 17.9 Å². The molecule has 24 heavy (non-hydrogen) atoms. The standard InChI is InChI=1S/C17H23N5O2/c1-12-11-13(2)22(20-12)16-4-3-15(18-19-16)21-7-5-14(6-8-21)17-23-9-10-24-17/h3-4,11,14,17H,5-10H2,1-2H3. The van der Waals surface area contributed by atoms with E-state index in [1.54, 1.807) is 0 Å². The van der Waals surface area contributed by atoms with Crippen molar-refractivity contribution in [2.24, 2.45) is 5.92 Å². The smallest absolute Gasteiger partial charge is 0.176 e. The van der Waals surface area contributed by atoms with Gasteiger partial charge < -0.3 is 14.4 Å². The lowest BCUT2D eigenvalue weighted by molar-refractivity contribution is -0.0889. The summed E-state index contributed by atoms with van der Waals surface area (Å²) in [5, 5.41) is 13.2. The molecule has 0 N–H and O–H groups in total. The van der Waals surface area contributed by atoms with Crippen molar-refractivity contribution < 1.29 is 9.47 Å². The van der Waals surface area contributed by atoms with E-state index in [0.29, 0.717) is 5.92 Å². The van der Waals surface area contributed by atoms with Crippen molar-refractivity contribution in [3.63, 3.8) is 0 Å². The first-order valence-corrected chi connectivity index (χ1v) is 8.56. The maximum Gasteiger partial charge on any atom is 0.176 e. The second-order valence-electron chi connectivity index (χ2n) is 6.52. The molecule has 7 heteroatoms. The Bertz CT molecular complexity index is 686. The van der Waals surface area contributed by atoms with Crippen LogP contribution in [-0.2, 0) is 9.47 Å². The molecule has 0 radical (unpaired) electrons. The summed E-state index contributed by atoms with van der Waals surface area (Å²) in [6, 6.07) is 6.05. The van der Waals surface area contributed by atoms with Gasteiger partial charge in [-0.15, -0.1) is 10.2 Å². The van der Waals surface area contributed by atoms with Gasteiger partial charge in [-0.2, -0.15) is 5.10 Å². The molecular weight excluding hydrogens is 306 g/mol. The van der Waals surface area contributed by atoms with Gasteiger partial charge >= 0.3 is 0 Å². The molecule has 0 aromatic carbocycles. The van der Waals surface area contributed by atoms with Crippen LogP contribution in [0.15, 0.2) is 18.2 Å². The highest BCUT2D eigenvalue weighted by atomic mass is 16.7. The van der Waals surface area contributed by atoms with E-state index in [2.05, 4.69) is 20.2 Å². The highest BCUT2D eigenvalue weighted by Gasteiger charge is 2.30. The molecule has 2 aliphatic rings. The molecule has 128 valence electrons. The number of hydrogen-bond donors (Lipinski definition) is 0. The van der Waals surface area contributed by atoms with Gasteiger partial charge in [0.05, 0.1) is 18.9 Å². The minimum atomic E-state index is -0.00774. The lowest BCUT2D eigenvalue weighted by atomic mass is 9.96. The Balaban J connectivity index is 1.41. The minimum Gasteiger partial charge on any atom is -0.355 e. The minimum absolute atomic E-state index is 0.00774. The van der Waals surface area contributed by atoms with Crippen molar-refractivity contribution in [3.8, 4) is 5.82 Å². The summed E-state index contributed by atoms with van der Waals surface area (Å²) in [6.07, 6.45) is 2.11. The van der Waals surface area contributed by atoms with E-state index in [0.717, 1.165) is 62.2 Å². The average molecular weight is 329 g/mol. The van der Waals surface area contributed by atoms with Crippen LogP contribution in [-0.4, -0.2) is 52.6 Å². The van der Waals surface area contributed by atoms with Gasteiger partial charge in [0.1, 0.15) is 0 Å². The average Bonchev–Trinajstić information content (AvgIpc) is 3.25. The molecule has 2 aliphatic heterocycles. The molecule has 2 aromatic heterocycles. The number of ether oxygens (including phenoxy) is 2. The number of nitrogens with zero attached hydrogens (tertiary/aromatic N) is 5. The predicted octanol–water partition coefficient (Wildman–Crippen LogP) is 1.87. The fourth-order valence-corrected chi connectivity index (χ4v) is 3.51. The van der Waals surface area contributed by atoms with Crippen molar-refractivity contribution in [2.45, 2.75) is 33.0 Å². The molecule has 2 fully saturated rings. The summed E-state index contributed by atoms with van der Waals surface area (Å²) in [5.41, 5.74) is 2.05. The Hall–Kier alpha value is -1.99. The van der Waals surface area contributed by atoms with Gasteiger partial charge in [0.25, 0.3) is 0 Å². The van der Waals surface area contributed by atoms with Crippen LogP contribution in [0.2, 0.25) is 0 Å². The first-order chi connectivity index (χ1) is 11.7. The van der Waals surface area contributed by atoms with E-state index in [9.17, 15) is 0 Å². The Morgan fingerprint density at radius 3 is 2.25 bits per heavy atom. The molecule has 0 atom stereocenters. The third-order valence-corrected chi connectivity index (χ3v) is 4.76. The quantitative estimate of drug-likeness (QED) is 0.856. The monoisotopic (exact) mass is 329 g/mol. The van der Waals surface area contributed by atoms with E-state index < -0.39 is 0 Å². The maximum atomic E-state index is 5.63. The molecule has 2 saturated heterocycles. The Labute approximate surface area is 141 Å². The van der Waals surface area contributed by atoms with Crippen LogP contribution < -0.4 is 4.90 Å². The van der Waals surface area contributed by atoms with Gasteiger partial charge in [-0.3, -0.25) is 0 Å². The molecule has 0 aliphatic carbocycles. The molecule has 0 spiro atoms. The lowest BCUT2D eigenvalue weighted by Gasteiger charge is -2.34. The Morgan fingerprint density at radius 2 is 1.67 bits per heavy atom. The zero-order valence-corrected chi connectivity index (χ0v) is 14.2. The summed E-state index contributed by atoms with van der Waals surface area (Å²) in [7, 11) is 0. The third kappa shape index (κ3) is 3.01. The third-order valence-electron chi connectivity index (χ3n) is 4.76. The SMILES string of the molecule is Cc1cc(C)n(-c2ccc(N3CCC(C4OCCO4)CC3)nn2)n1. The summed E-state index contributed by atoms with van der Waals surface area (Å²) in [6.45, 7) is 7.37.